The maximum absolute atomic E-state index is 12.2. The average molecular weight is 434 g/mol. The molecular formula is C21H26BCl2N3O2. The molecule has 2 radical (unpaired) electrons. The van der Waals surface area contributed by atoms with E-state index < -0.39 is 5.60 Å². The highest BCUT2D eigenvalue weighted by molar-refractivity contribution is 6.43. The summed E-state index contributed by atoms with van der Waals surface area (Å²) in [5.74, 6) is 0. The summed E-state index contributed by atoms with van der Waals surface area (Å²) in [7, 11) is 6.40. The molecule has 154 valence electrons. The molecule has 2 aromatic rings. The fraction of sp³-hybridized carbons (Fsp3) is 0.429. The number of carbonyl (C=O) groups is 1. The zero-order chi connectivity index (χ0) is 21.8. The third-order valence-electron chi connectivity index (χ3n) is 4.30. The van der Waals surface area contributed by atoms with Crippen LogP contribution >= 0.6 is 23.2 Å². The van der Waals surface area contributed by atoms with Crippen molar-refractivity contribution in [1.29, 1.82) is 0 Å². The highest BCUT2D eigenvalue weighted by Gasteiger charge is 2.25. The molecule has 1 aromatic heterocycles. The summed E-state index contributed by atoms with van der Waals surface area (Å²) in [6.45, 7) is 8.23. The zero-order valence-electron chi connectivity index (χ0n) is 17.5. The number of rotatable bonds is 2. The number of aromatic nitrogens is 2. The van der Waals surface area contributed by atoms with E-state index in [1.54, 1.807) is 11.0 Å². The van der Waals surface area contributed by atoms with Crippen LogP contribution in [0, 0.1) is 0 Å². The summed E-state index contributed by atoms with van der Waals surface area (Å²) in [5.41, 5.74) is 3.24. The second-order valence-corrected chi connectivity index (χ2v) is 8.33. The first-order chi connectivity index (χ1) is 13.7. The quantitative estimate of drug-likeness (QED) is 0.577. The van der Waals surface area contributed by atoms with Crippen molar-refractivity contribution in [2.45, 2.75) is 39.6 Å². The van der Waals surface area contributed by atoms with Crippen LogP contribution in [0.4, 0.5) is 4.79 Å². The summed E-state index contributed by atoms with van der Waals surface area (Å²) in [4.78, 5) is 13.9. The van der Waals surface area contributed by atoms with Crippen molar-refractivity contribution in [2.75, 3.05) is 13.1 Å². The molecule has 1 amide bonds. The average Bonchev–Trinajstić information content (AvgIpc) is 3.06. The Kier molecular flexibility index (Phi) is 7.83. The van der Waals surface area contributed by atoms with Crippen molar-refractivity contribution in [3.63, 3.8) is 0 Å². The predicted molar refractivity (Wildman–Crippen MR) is 121 cm³/mol. The Hall–Kier alpha value is -1.92. The topological polar surface area (TPSA) is 47.4 Å². The number of amides is 1. The molecule has 0 saturated heterocycles. The Labute approximate surface area is 184 Å². The number of benzene rings is 1. The minimum atomic E-state index is -0.492. The van der Waals surface area contributed by atoms with Gasteiger partial charge in [0, 0.05) is 25.7 Å². The van der Waals surface area contributed by atoms with Gasteiger partial charge in [-0.3, -0.25) is 4.68 Å². The molecule has 0 saturated carbocycles. The highest BCUT2D eigenvalue weighted by atomic mass is 35.5. The van der Waals surface area contributed by atoms with Crippen LogP contribution in [-0.4, -0.2) is 47.3 Å². The molecule has 1 aromatic carbocycles. The Bertz CT molecular complexity index is 904. The number of halogens is 2. The van der Waals surface area contributed by atoms with Crippen molar-refractivity contribution in [3.05, 3.63) is 46.1 Å². The molecule has 0 bridgehead atoms. The van der Waals surface area contributed by atoms with Gasteiger partial charge in [0.25, 0.3) is 0 Å². The lowest BCUT2D eigenvalue weighted by atomic mass is 10.0. The molecule has 0 fully saturated rings. The third kappa shape index (κ3) is 5.80. The van der Waals surface area contributed by atoms with E-state index in [-0.39, 0.29) is 6.09 Å². The number of hydrogen-bond donors (Lipinski definition) is 0. The van der Waals surface area contributed by atoms with Crippen LogP contribution in [0.25, 0.3) is 16.8 Å². The van der Waals surface area contributed by atoms with Crippen molar-refractivity contribution < 1.29 is 9.53 Å². The van der Waals surface area contributed by atoms with Crippen LogP contribution in [0.2, 0.25) is 16.9 Å². The number of ether oxygens (including phenoxy) is 1. The van der Waals surface area contributed by atoms with Crippen LogP contribution in [0.5, 0.6) is 0 Å². The van der Waals surface area contributed by atoms with Gasteiger partial charge in [0.15, 0.2) is 0 Å². The summed E-state index contributed by atoms with van der Waals surface area (Å²) >= 11 is 12.5. The number of nitrogens with zero attached hydrogens (tertiary/aromatic N) is 3. The van der Waals surface area contributed by atoms with Gasteiger partial charge in [-0.15, -0.1) is 0 Å². The van der Waals surface area contributed by atoms with Crippen LogP contribution in [0.1, 0.15) is 32.9 Å². The Morgan fingerprint density at radius 3 is 2.52 bits per heavy atom. The maximum atomic E-state index is 12.2. The molecular weight excluding hydrogens is 408 g/mol. The fourth-order valence-corrected chi connectivity index (χ4v) is 3.39. The molecule has 8 heteroatoms. The Balaban J connectivity index is 0.00000145. The van der Waals surface area contributed by atoms with Gasteiger partial charge in [-0.1, -0.05) is 48.2 Å². The second kappa shape index (κ2) is 9.72. The largest absolute Gasteiger partial charge is 0.444 e. The standard InChI is InChI=1S/C20H23Cl2N3O2.CH3B/c1-20(2,3)27-19(26)25-10-8-13(9-11-25)17-12-16(23-24(17)4)14-6-5-7-15(21)18(14)22;1-2/h5-8,12H,9-11H2,1-4H3;1H3. The van der Waals surface area contributed by atoms with E-state index in [2.05, 4.69) is 12.9 Å². The van der Waals surface area contributed by atoms with Crippen LogP contribution in [0.15, 0.2) is 30.3 Å². The molecule has 1 aliphatic rings. The molecule has 0 atom stereocenters. The van der Waals surface area contributed by atoms with Crippen molar-refractivity contribution in [2.24, 2.45) is 7.05 Å². The number of aryl methyl sites for hydroxylation is 1. The van der Waals surface area contributed by atoms with E-state index in [9.17, 15) is 4.79 Å². The molecule has 0 N–H and O–H groups in total. The Morgan fingerprint density at radius 2 is 1.93 bits per heavy atom. The van der Waals surface area contributed by atoms with Crippen LogP contribution in [-0.2, 0) is 11.8 Å². The lowest BCUT2D eigenvalue weighted by Gasteiger charge is -2.29. The molecule has 0 spiro atoms. The molecule has 5 nitrogen and oxygen atoms in total. The number of hydrogen-bond acceptors (Lipinski definition) is 3. The molecule has 0 aliphatic carbocycles. The Morgan fingerprint density at radius 1 is 1.24 bits per heavy atom. The van der Waals surface area contributed by atoms with Gasteiger partial charge >= 0.3 is 6.09 Å². The lowest BCUT2D eigenvalue weighted by Crippen LogP contribution is -2.39. The first kappa shape index (κ1) is 23.4. The summed E-state index contributed by atoms with van der Waals surface area (Å²) in [6, 6.07) is 7.52. The van der Waals surface area contributed by atoms with Gasteiger partial charge in [-0.2, -0.15) is 5.10 Å². The minimum absolute atomic E-state index is 0.283. The van der Waals surface area contributed by atoms with Gasteiger partial charge in [0.05, 0.1) is 29.3 Å². The second-order valence-electron chi connectivity index (χ2n) is 7.55. The van der Waals surface area contributed by atoms with Crippen LogP contribution in [0.3, 0.4) is 0 Å². The van der Waals surface area contributed by atoms with Crippen molar-refractivity contribution >= 4 is 42.7 Å². The van der Waals surface area contributed by atoms with E-state index in [1.807, 2.05) is 56.8 Å². The third-order valence-corrected chi connectivity index (χ3v) is 5.12. The smallest absolute Gasteiger partial charge is 0.410 e. The minimum Gasteiger partial charge on any atom is -0.444 e. The highest BCUT2D eigenvalue weighted by Crippen LogP contribution is 2.34. The van der Waals surface area contributed by atoms with Gasteiger partial charge in [-0.05, 0) is 44.9 Å². The van der Waals surface area contributed by atoms with Gasteiger partial charge in [-0.25, -0.2) is 4.79 Å². The van der Waals surface area contributed by atoms with E-state index in [4.69, 9.17) is 27.9 Å². The van der Waals surface area contributed by atoms with Crippen molar-refractivity contribution in [1.82, 2.24) is 14.7 Å². The molecule has 29 heavy (non-hydrogen) atoms. The predicted octanol–water partition coefficient (Wildman–Crippen LogP) is 5.62. The zero-order valence-corrected chi connectivity index (χ0v) is 19.0. The first-order valence-electron chi connectivity index (χ1n) is 9.39. The van der Waals surface area contributed by atoms with Crippen LogP contribution < -0.4 is 0 Å². The van der Waals surface area contributed by atoms with E-state index in [0.717, 1.165) is 28.9 Å². The van der Waals surface area contributed by atoms with Gasteiger partial charge < -0.3 is 9.64 Å². The number of carbonyl (C=O) groups excluding carboxylic acids is 1. The maximum Gasteiger partial charge on any atom is 0.410 e. The lowest BCUT2D eigenvalue weighted by molar-refractivity contribution is 0.0270. The van der Waals surface area contributed by atoms with Gasteiger partial charge in [0.1, 0.15) is 5.60 Å². The van der Waals surface area contributed by atoms with Crippen molar-refractivity contribution in [3.8, 4) is 11.3 Å². The summed E-state index contributed by atoms with van der Waals surface area (Å²) in [5, 5.41) is 5.59. The first-order valence-corrected chi connectivity index (χ1v) is 10.1. The molecule has 0 unspecified atom stereocenters. The SMILES string of the molecule is Cn1nc(-c2cccc(Cl)c2Cl)cc1C1=CCN(C(=O)OC(C)(C)C)CC1.[B]C. The van der Waals surface area contributed by atoms with Gasteiger partial charge in [0.2, 0.25) is 0 Å². The molecule has 2 heterocycles. The van der Waals surface area contributed by atoms with E-state index in [1.165, 1.54) is 6.82 Å². The molecule has 3 rings (SSSR count). The summed E-state index contributed by atoms with van der Waals surface area (Å²) in [6.07, 6.45) is 2.50. The normalized spacial score (nSPS) is 14.0. The fourth-order valence-electron chi connectivity index (χ4n) is 3.00. The molecule has 1 aliphatic heterocycles. The van der Waals surface area contributed by atoms with E-state index >= 15 is 0 Å². The summed E-state index contributed by atoms with van der Waals surface area (Å²) < 4.78 is 7.28. The monoisotopic (exact) mass is 433 g/mol. The van der Waals surface area contributed by atoms with E-state index in [0.29, 0.717) is 23.1 Å².